The second-order valence-corrected chi connectivity index (χ2v) is 0.0816. The molecule has 0 amide bonds. The van der Waals surface area contributed by atoms with Gasteiger partial charge >= 0.3 is 0 Å². The van der Waals surface area contributed by atoms with E-state index in [0.717, 1.165) is 0 Å². The normalized spacial score (nSPS) is 3.00. The minimum Gasteiger partial charge on any atom is -0.379 e. The Kier molecular flexibility index (Phi) is 20.2. The predicted molar refractivity (Wildman–Crippen MR) is 13.3 cm³/mol. The summed E-state index contributed by atoms with van der Waals surface area (Å²) in [6.45, 7) is 0. The molecule has 0 aromatic rings. The van der Waals surface area contributed by atoms with Crippen molar-refractivity contribution in [1.29, 1.82) is 0 Å². The predicted octanol–water partition coefficient (Wildman–Crippen LogP) is -0.239. The maximum Gasteiger partial charge on any atom is 0.152 e. The van der Waals surface area contributed by atoms with Gasteiger partial charge in [0.2, 0.25) is 0 Å². The summed E-state index contributed by atoms with van der Waals surface area (Å²) >= 11 is 0. The van der Waals surface area contributed by atoms with E-state index in [1.165, 1.54) is 5.34 Å². The molecule has 0 aromatic carbocycles. The number of rotatable bonds is 0. The van der Waals surface area contributed by atoms with Gasteiger partial charge < -0.3 is 5.21 Å². The van der Waals surface area contributed by atoms with Crippen LogP contribution in [0.1, 0.15) is 0 Å². The molecule has 1 N–H and O–H groups in total. The van der Waals surface area contributed by atoms with E-state index in [4.69, 9.17) is 10.1 Å². The van der Waals surface area contributed by atoms with E-state index < -0.39 is 0 Å². The van der Waals surface area contributed by atoms with Gasteiger partial charge in [0.1, 0.15) is 0 Å². The molecule has 0 aliphatic rings. The molecule has 0 aliphatic carbocycles. The maximum absolute atomic E-state index is 8.11. The smallest absolute Gasteiger partial charge is 0.152 e. The third-order valence-electron chi connectivity index (χ3n) is 0. The zero-order chi connectivity index (χ0) is 2.71. The van der Waals surface area contributed by atoms with Crippen molar-refractivity contribution in [3.05, 3.63) is 4.91 Å². The van der Waals surface area contributed by atoms with Gasteiger partial charge in [-0.25, -0.2) is 0 Å². The fourth-order valence-corrected chi connectivity index (χ4v) is 0. The SMILES string of the molecule is O=NO.[Sr]. The van der Waals surface area contributed by atoms with Crippen LogP contribution in [0.4, 0.5) is 0 Å². The van der Waals surface area contributed by atoms with Crippen molar-refractivity contribution >= 4 is 45.5 Å². The first-order valence-electron chi connectivity index (χ1n) is 0.383. The Bertz CT molecular complexity index is 13.5. The van der Waals surface area contributed by atoms with Gasteiger partial charge in [-0.2, -0.15) is 0 Å². The number of hydrogen-bond donors (Lipinski definition) is 1. The zero-order valence-electron chi connectivity index (χ0n) is 2.01. The monoisotopic (exact) mass is 135 g/mol. The van der Waals surface area contributed by atoms with Crippen molar-refractivity contribution in [2.24, 2.45) is 5.34 Å². The van der Waals surface area contributed by atoms with Crippen LogP contribution < -0.4 is 0 Å². The molecule has 0 bridgehead atoms. The minimum atomic E-state index is 0. The standard InChI is InChI=1S/HNO2.Sr/c2-1-3;/h(H,2,3);. The summed E-state index contributed by atoms with van der Waals surface area (Å²) in [6, 6.07) is 0. The van der Waals surface area contributed by atoms with Crippen LogP contribution in [-0.4, -0.2) is 50.7 Å². The largest absolute Gasteiger partial charge is 0.379 e. The Morgan fingerprint density at radius 3 is 1.75 bits per heavy atom. The molecule has 0 aromatic heterocycles. The van der Waals surface area contributed by atoms with E-state index >= 15 is 0 Å². The Labute approximate surface area is 60.2 Å². The van der Waals surface area contributed by atoms with Gasteiger partial charge in [0.25, 0.3) is 0 Å². The third kappa shape index (κ3) is 13.1. The molecule has 0 heterocycles. The van der Waals surface area contributed by atoms with Crippen molar-refractivity contribution in [3.8, 4) is 0 Å². The van der Waals surface area contributed by atoms with Gasteiger partial charge in [-0.05, 0) is 0 Å². The van der Waals surface area contributed by atoms with Gasteiger partial charge in [0.05, 0.1) is 0 Å². The molecule has 0 unspecified atom stereocenters. The molecule has 0 rings (SSSR count). The summed E-state index contributed by atoms with van der Waals surface area (Å²) in [5.74, 6) is 0. The van der Waals surface area contributed by atoms with E-state index in [-0.39, 0.29) is 45.5 Å². The van der Waals surface area contributed by atoms with Crippen LogP contribution in [0.5, 0.6) is 0 Å². The van der Waals surface area contributed by atoms with E-state index in [2.05, 4.69) is 0 Å². The Morgan fingerprint density at radius 1 is 1.75 bits per heavy atom. The Balaban J connectivity index is 0. The molecule has 0 spiro atoms. The summed E-state index contributed by atoms with van der Waals surface area (Å²) in [5, 5.41) is 7.89. The van der Waals surface area contributed by atoms with Crippen LogP contribution in [-0.2, 0) is 0 Å². The van der Waals surface area contributed by atoms with Gasteiger partial charge in [-0.3, -0.25) is 0 Å². The van der Waals surface area contributed by atoms with Crippen molar-refractivity contribution in [3.63, 3.8) is 0 Å². The molecular weight excluding hydrogens is 134 g/mol. The fourth-order valence-electron chi connectivity index (χ4n) is 0. The number of hydrogen-bond acceptors (Lipinski definition) is 2. The zero-order valence-corrected chi connectivity index (χ0v) is 5.49. The molecule has 20 valence electrons. The van der Waals surface area contributed by atoms with E-state index in [9.17, 15) is 0 Å². The molecule has 2 radical (unpaired) electrons. The van der Waals surface area contributed by atoms with E-state index in [0.29, 0.717) is 0 Å². The molecule has 4 heteroatoms. The quantitative estimate of drug-likeness (QED) is 0.283. The molecule has 0 saturated heterocycles. The van der Waals surface area contributed by atoms with Crippen LogP contribution in [0.2, 0.25) is 0 Å². The molecule has 0 aliphatic heterocycles. The van der Waals surface area contributed by atoms with Crippen LogP contribution in [0.25, 0.3) is 0 Å². The van der Waals surface area contributed by atoms with Crippen LogP contribution >= 0.6 is 0 Å². The topological polar surface area (TPSA) is 49.7 Å². The molecular formula is HNO2Sr. The summed E-state index contributed by atoms with van der Waals surface area (Å²) in [6.07, 6.45) is 0. The second-order valence-electron chi connectivity index (χ2n) is 0.0816. The van der Waals surface area contributed by atoms with Crippen molar-refractivity contribution in [2.45, 2.75) is 0 Å². The molecule has 0 fully saturated rings. The van der Waals surface area contributed by atoms with Crippen molar-refractivity contribution in [1.82, 2.24) is 0 Å². The van der Waals surface area contributed by atoms with Crippen LogP contribution in [0.15, 0.2) is 5.34 Å². The van der Waals surface area contributed by atoms with Crippen molar-refractivity contribution in [2.75, 3.05) is 0 Å². The summed E-state index contributed by atoms with van der Waals surface area (Å²) in [7, 11) is 0. The van der Waals surface area contributed by atoms with Gasteiger partial charge in [-0.1, -0.05) is 0 Å². The average Bonchev–Trinajstić information content (AvgIpc) is 0.918. The molecule has 3 nitrogen and oxygen atoms in total. The minimum absolute atomic E-state index is 0. The first kappa shape index (κ1) is 8.86. The van der Waals surface area contributed by atoms with E-state index in [1.807, 2.05) is 0 Å². The first-order chi connectivity index (χ1) is 1.41. The Hall–Kier alpha value is 0.881. The fraction of sp³-hybridized carbons (Fsp3) is 0. The van der Waals surface area contributed by atoms with Crippen LogP contribution in [0, 0.1) is 4.91 Å². The third-order valence-corrected chi connectivity index (χ3v) is 0. The summed E-state index contributed by atoms with van der Waals surface area (Å²) in [5.41, 5.74) is 0. The van der Waals surface area contributed by atoms with Crippen LogP contribution in [0.3, 0.4) is 0 Å². The summed E-state index contributed by atoms with van der Waals surface area (Å²) < 4.78 is 0. The maximum atomic E-state index is 8.11. The van der Waals surface area contributed by atoms with Crippen molar-refractivity contribution < 1.29 is 5.21 Å². The first-order valence-corrected chi connectivity index (χ1v) is 0.383. The van der Waals surface area contributed by atoms with Gasteiger partial charge in [0, 0.05) is 45.5 Å². The Morgan fingerprint density at radius 2 is 1.75 bits per heavy atom. The number of nitrogens with zero attached hydrogens (tertiary/aromatic N) is 1. The molecule has 0 saturated carbocycles. The van der Waals surface area contributed by atoms with Gasteiger partial charge in [0.15, 0.2) is 5.34 Å². The van der Waals surface area contributed by atoms with E-state index in [1.54, 1.807) is 0 Å². The summed E-state index contributed by atoms with van der Waals surface area (Å²) in [4.78, 5) is 8.11. The second kappa shape index (κ2) is 9.10. The molecule has 0 atom stereocenters. The average molecular weight is 135 g/mol. The molecule has 4 heavy (non-hydrogen) atoms. The van der Waals surface area contributed by atoms with Gasteiger partial charge in [-0.15, -0.1) is 4.91 Å².